The van der Waals surface area contributed by atoms with Crippen LogP contribution in [0.4, 0.5) is 5.69 Å². The summed E-state index contributed by atoms with van der Waals surface area (Å²) in [5, 5.41) is 60.4. The van der Waals surface area contributed by atoms with Gasteiger partial charge in [-0.25, -0.2) is 0 Å². The molecule has 12 heteroatoms. The van der Waals surface area contributed by atoms with Gasteiger partial charge < -0.3 is 41.5 Å². The van der Waals surface area contributed by atoms with Gasteiger partial charge >= 0.3 is 0 Å². The topological polar surface area (TPSA) is 197 Å². The molecule has 0 aromatic heterocycles. The van der Waals surface area contributed by atoms with Crippen molar-refractivity contribution in [1.29, 1.82) is 0 Å². The fraction of sp³-hybridized carbons (Fsp3) is 0.536. The molecule has 0 bridgehead atoms. The number of fused-ring (bicyclic) bond motifs is 3. The number of phenolic OH excluding ortho intramolecular Hbond substituents is 1. The van der Waals surface area contributed by atoms with Crippen LogP contribution in [0.3, 0.4) is 0 Å². The van der Waals surface area contributed by atoms with E-state index in [1.54, 1.807) is 19.1 Å². The van der Waals surface area contributed by atoms with E-state index in [1.807, 2.05) is 7.05 Å². The van der Waals surface area contributed by atoms with Crippen molar-refractivity contribution in [2.45, 2.75) is 49.5 Å². The average Bonchev–Trinajstić information content (AvgIpc) is 2.88. The number of phenols is 1. The molecule has 1 amide bonds. The van der Waals surface area contributed by atoms with Crippen LogP contribution >= 0.6 is 0 Å². The summed E-state index contributed by atoms with van der Waals surface area (Å²) in [7, 11) is 5.03. The first kappa shape index (κ1) is 28.1. The van der Waals surface area contributed by atoms with Crippen LogP contribution in [0, 0.1) is 11.8 Å². The maximum atomic E-state index is 14.0. The number of aliphatic hydroxyl groups is 4. The van der Waals surface area contributed by atoms with Gasteiger partial charge in [-0.3, -0.25) is 19.3 Å². The highest BCUT2D eigenvalue weighted by atomic mass is 16.4. The van der Waals surface area contributed by atoms with E-state index in [2.05, 4.69) is 10.2 Å². The van der Waals surface area contributed by atoms with Crippen molar-refractivity contribution < 1.29 is 39.9 Å². The standard InChI is InChI=1S/C28H36N4O8/c1-11-13-5-6-14(30-12-7-9-32(4)10-8-12)21(33)16(13)22(34)17-15(11)23(35)19-20(31(2)3)24(36)18(27(29)39)26(38)28(19,40)25(17)37/h5-6,11-12,15,19-20,23,30,33,35-37,40H,7-10H2,1-4H3,(H2,29,39)/t11-,15+,19+,20-,23-,28-/m0/s1. The number of anilines is 1. The van der Waals surface area contributed by atoms with Gasteiger partial charge in [0.1, 0.15) is 22.8 Å². The van der Waals surface area contributed by atoms with Gasteiger partial charge in [0.25, 0.3) is 5.91 Å². The molecule has 0 saturated carbocycles. The van der Waals surface area contributed by atoms with E-state index in [0.717, 1.165) is 25.9 Å². The second-order valence-corrected chi connectivity index (χ2v) is 11.7. The highest BCUT2D eigenvalue weighted by Gasteiger charge is 2.67. The molecule has 0 unspecified atom stereocenters. The van der Waals surface area contributed by atoms with Crippen molar-refractivity contribution in [3.63, 3.8) is 0 Å². The summed E-state index contributed by atoms with van der Waals surface area (Å²) >= 11 is 0. The predicted octanol–water partition coefficient (Wildman–Crippen LogP) is 0.159. The van der Waals surface area contributed by atoms with Crippen molar-refractivity contribution >= 4 is 23.2 Å². The molecule has 4 aliphatic rings. The van der Waals surface area contributed by atoms with Crippen LogP contribution in [0.2, 0.25) is 0 Å². The number of benzene rings is 1. The van der Waals surface area contributed by atoms with Crippen molar-refractivity contribution in [2.75, 3.05) is 39.5 Å². The third kappa shape index (κ3) is 3.77. The second-order valence-electron chi connectivity index (χ2n) is 11.7. The molecule has 0 radical (unpaired) electrons. The van der Waals surface area contributed by atoms with Gasteiger partial charge in [0.2, 0.25) is 5.78 Å². The Balaban J connectivity index is 1.65. The number of nitrogens with two attached hydrogens (primary N) is 1. The third-order valence-electron chi connectivity index (χ3n) is 9.21. The molecule has 0 spiro atoms. The van der Waals surface area contributed by atoms with E-state index in [9.17, 15) is 39.9 Å². The maximum absolute atomic E-state index is 14.0. The van der Waals surface area contributed by atoms with Gasteiger partial charge in [0.05, 0.1) is 29.3 Å². The Morgan fingerprint density at radius 2 is 1.77 bits per heavy atom. The molecule has 216 valence electrons. The fourth-order valence-corrected chi connectivity index (χ4v) is 7.11. The van der Waals surface area contributed by atoms with E-state index in [4.69, 9.17) is 5.73 Å². The molecule has 3 aliphatic carbocycles. The lowest BCUT2D eigenvalue weighted by atomic mass is 9.55. The SMILES string of the molecule is C[C@H]1c2ccc(NC3CCN(C)CC3)c(O)c2C(=O)C2=C(O)[C@]3(O)C(=O)C(C(N)=O)=C(O)[C@@H](N(C)C)[C@@H]3[C@@H](O)[C@@H]21. The predicted molar refractivity (Wildman–Crippen MR) is 144 cm³/mol. The Labute approximate surface area is 231 Å². The number of nitrogens with zero attached hydrogens (tertiary/aromatic N) is 2. The van der Waals surface area contributed by atoms with E-state index in [1.165, 1.54) is 19.0 Å². The number of nitrogens with one attached hydrogen (secondary N) is 1. The summed E-state index contributed by atoms with van der Waals surface area (Å²) in [5.74, 6) is -8.93. The maximum Gasteiger partial charge on any atom is 0.255 e. The molecule has 1 heterocycles. The molecule has 6 atom stereocenters. The summed E-state index contributed by atoms with van der Waals surface area (Å²) < 4.78 is 0. The van der Waals surface area contributed by atoms with Crippen molar-refractivity contribution in [3.8, 4) is 5.75 Å². The van der Waals surface area contributed by atoms with Gasteiger partial charge in [-0.2, -0.15) is 0 Å². The van der Waals surface area contributed by atoms with Crippen molar-refractivity contribution in [2.24, 2.45) is 17.6 Å². The molecular weight excluding hydrogens is 520 g/mol. The number of aromatic hydroxyl groups is 1. The van der Waals surface area contributed by atoms with Crippen LogP contribution in [0.15, 0.2) is 34.8 Å². The van der Waals surface area contributed by atoms with E-state index >= 15 is 0 Å². The monoisotopic (exact) mass is 556 g/mol. The van der Waals surface area contributed by atoms with Gasteiger partial charge in [0.15, 0.2) is 11.4 Å². The number of carbonyl (C=O) groups excluding carboxylic acids is 3. The summed E-state index contributed by atoms with van der Waals surface area (Å²) in [6.45, 7) is 3.46. The first-order valence-electron chi connectivity index (χ1n) is 13.4. The third-order valence-corrected chi connectivity index (χ3v) is 9.21. The zero-order chi connectivity index (χ0) is 29.4. The number of likely N-dealkylation sites (tertiary alicyclic amines) is 1. The van der Waals surface area contributed by atoms with Gasteiger partial charge in [-0.1, -0.05) is 13.0 Å². The lowest BCUT2D eigenvalue weighted by Gasteiger charge is -2.53. The zero-order valence-electron chi connectivity index (χ0n) is 22.9. The number of aliphatic hydroxyl groups excluding tert-OH is 3. The van der Waals surface area contributed by atoms with E-state index in [-0.39, 0.29) is 17.4 Å². The van der Waals surface area contributed by atoms with Crippen LogP contribution in [-0.4, -0.2) is 111 Å². The minimum Gasteiger partial charge on any atom is -0.510 e. The summed E-state index contributed by atoms with van der Waals surface area (Å²) in [4.78, 5) is 43.2. The molecule has 1 fully saturated rings. The molecule has 12 nitrogen and oxygen atoms in total. The number of rotatable bonds is 4. The second kappa shape index (κ2) is 9.58. The lowest BCUT2D eigenvalue weighted by molar-refractivity contribution is -0.162. The summed E-state index contributed by atoms with van der Waals surface area (Å²) in [6.07, 6.45) is 0.0584. The normalized spacial score (nSPS) is 33.1. The Morgan fingerprint density at radius 3 is 2.35 bits per heavy atom. The highest BCUT2D eigenvalue weighted by Crippen LogP contribution is 2.56. The zero-order valence-corrected chi connectivity index (χ0v) is 22.9. The van der Waals surface area contributed by atoms with Crippen LogP contribution in [0.5, 0.6) is 5.75 Å². The molecular formula is C28H36N4O8. The Morgan fingerprint density at radius 1 is 1.15 bits per heavy atom. The van der Waals surface area contributed by atoms with Crippen molar-refractivity contribution in [3.05, 3.63) is 45.9 Å². The number of hydrogen-bond donors (Lipinski definition) is 7. The minimum atomic E-state index is -2.93. The number of piperidine rings is 1. The quantitative estimate of drug-likeness (QED) is 0.197. The van der Waals surface area contributed by atoms with Crippen molar-refractivity contribution in [1.82, 2.24) is 9.80 Å². The molecule has 1 saturated heterocycles. The Kier molecular flexibility index (Phi) is 6.73. The van der Waals surface area contributed by atoms with Crippen LogP contribution < -0.4 is 11.1 Å². The first-order valence-corrected chi connectivity index (χ1v) is 13.4. The van der Waals surface area contributed by atoms with Gasteiger partial charge in [0, 0.05) is 17.5 Å². The number of likely N-dealkylation sites (N-methyl/N-ethyl adjacent to an activating group) is 1. The molecule has 1 aromatic rings. The number of hydrogen-bond acceptors (Lipinski definition) is 11. The summed E-state index contributed by atoms with van der Waals surface area (Å²) in [6, 6.07) is 2.15. The minimum absolute atomic E-state index is 0.0733. The first-order chi connectivity index (χ1) is 18.7. The summed E-state index contributed by atoms with van der Waals surface area (Å²) in [5.41, 5.74) is 1.77. The molecule has 1 aromatic carbocycles. The highest BCUT2D eigenvalue weighted by molar-refractivity contribution is 6.25. The smallest absolute Gasteiger partial charge is 0.255 e. The average molecular weight is 557 g/mol. The van der Waals surface area contributed by atoms with E-state index in [0.29, 0.717) is 11.3 Å². The number of primary amides is 1. The van der Waals surface area contributed by atoms with Crippen LogP contribution in [-0.2, 0) is 9.59 Å². The Bertz CT molecular complexity index is 1360. The number of carbonyl (C=O) groups is 3. The Hall–Kier alpha value is -3.45. The van der Waals surface area contributed by atoms with Crippen LogP contribution in [0.25, 0.3) is 0 Å². The lowest BCUT2D eigenvalue weighted by Crippen LogP contribution is -2.68. The number of Topliss-reactive ketones (excluding diaryl/α,β-unsaturated/α-hetero) is 2. The van der Waals surface area contributed by atoms with Crippen LogP contribution in [0.1, 0.15) is 41.6 Å². The van der Waals surface area contributed by atoms with Gasteiger partial charge in [-0.15, -0.1) is 0 Å². The number of ketones is 2. The molecule has 1 aliphatic heterocycles. The van der Waals surface area contributed by atoms with Gasteiger partial charge in [-0.05, 0) is 64.6 Å². The largest absolute Gasteiger partial charge is 0.510 e. The molecule has 8 N–H and O–H groups in total. The fourth-order valence-electron chi connectivity index (χ4n) is 7.11. The number of amides is 1. The van der Waals surface area contributed by atoms with E-state index < -0.39 is 75.6 Å². The molecule has 40 heavy (non-hydrogen) atoms. The molecule has 5 rings (SSSR count).